The highest BCUT2D eigenvalue weighted by Crippen LogP contribution is 2.65. The Balaban J connectivity index is 2.30. The maximum atomic E-state index is 11.5. The number of hydrogen-bond donors (Lipinski definition) is 1. The van der Waals surface area contributed by atoms with Crippen molar-refractivity contribution >= 4 is 7.37 Å². The van der Waals surface area contributed by atoms with E-state index in [0.717, 1.165) is 25.7 Å². The van der Waals surface area contributed by atoms with Crippen LogP contribution in [0.4, 0.5) is 0 Å². The predicted molar refractivity (Wildman–Crippen MR) is 40.5 cm³/mol. The summed E-state index contributed by atoms with van der Waals surface area (Å²) in [5, 5.41) is 0. The fraction of sp³-hybridized carbons (Fsp3) is 1.00. The highest BCUT2D eigenvalue weighted by Gasteiger charge is 2.46. The molecule has 2 fully saturated rings. The van der Waals surface area contributed by atoms with Crippen LogP contribution in [0.1, 0.15) is 32.1 Å². The average Bonchev–Trinajstić information content (AvgIpc) is 2.17. The largest absolute Gasteiger partial charge is 0.344 e. The fourth-order valence-corrected chi connectivity index (χ4v) is 5.04. The molecule has 0 aliphatic carbocycles. The van der Waals surface area contributed by atoms with E-state index >= 15 is 0 Å². The Kier molecular flexibility index (Phi) is 1.43. The van der Waals surface area contributed by atoms with Gasteiger partial charge < -0.3 is 4.89 Å². The van der Waals surface area contributed by atoms with Crippen LogP contribution in [-0.4, -0.2) is 16.2 Å². The van der Waals surface area contributed by atoms with Crippen LogP contribution in [-0.2, 0) is 4.57 Å². The predicted octanol–water partition coefficient (Wildman–Crippen LogP) is 1.97. The Bertz CT molecular complexity index is 170. The third kappa shape index (κ3) is 0.787. The molecule has 0 amide bonds. The molecule has 10 heavy (non-hydrogen) atoms. The minimum Gasteiger partial charge on any atom is -0.344 e. The lowest BCUT2D eigenvalue weighted by atomic mass is 10.2. The summed E-state index contributed by atoms with van der Waals surface area (Å²) in [5.41, 5.74) is 0.373. The first-order valence-corrected chi connectivity index (χ1v) is 5.83. The maximum Gasteiger partial charge on any atom is 0.206 e. The first-order valence-electron chi connectivity index (χ1n) is 4.03. The average molecular weight is 160 g/mol. The highest BCUT2D eigenvalue weighted by atomic mass is 31.2. The maximum absolute atomic E-state index is 11.5. The van der Waals surface area contributed by atoms with Crippen molar-refractivity contribution in [2.45, 2.75) is 43.4 Å². The molecule has 0 aromatic heterocycles. The monoisotopic (exact) mass is 160 g/mol. The van der Waals surface area contributed by atoms with Crippen LogP contribution in [0, 0.1) is 0 Å². The van der Waals surface area contributed by atoms with E-state index in [1.165, 1.54) is 6.42 Å². The van der Waals surface area contributed by atoms with E-state index in [-0.39, 0.29) is 11.3 Å². The van der Waals surface area contributed by atoms with E-state index in [1.807, 2.05) is 0 Å². The normalized spacial score (nSPS) is 53.3. The minimum atomic E-state index is -2.66. The lowest BCUT2D eigenvalue weighted by Gasteiger charge is -2.24. The van der Waals surface area contributed by atoms with Gasteiger partial charge in [-0.2, -0.15) is 0 Å². The molecule has 2 saturated heterocycles. The second kappa shape index (κ2) is 2.09. The van der Waals surface area contributed by atoms with Crippen LogP contribution in [0.3, 0.4) is 0 Å². The topological polar surface area (TPSA) is 37.3 Å². The van der Waals surface area contributed by atoms with Crippen molar-refractivity contribution in [3.05, 3.63) is 0 Å². The van der Waals surface area contributed by atoms with Crippen molar-refractivity contribution in [2.24, 2.45) is 0 Å². The Morgan fingerprint density at radius 1 is 1.10 bits per heavy atom. The molecule has 2 bridgehead atoms. The van der Waals surface area contributed by atoms with Gasteiger partial charge in [0.2, 0.25) is 7.37 Å². The van der Waals surface area contributed by atoms with Gasteiger partial charge in [0.25, 0.3) is 0 Å². The summed E-state index contributed by atoms with van der Waals surface area (Å²) in [6.07, 6.45) is 5.21. The van der Waals surface area contributed by atoms with Crippen molar-refractivity contribution in [3.8, 4) is 0 Å². The van der Waals surface area contributed by atoms with Gasteiger partial charge in [-0.15, -0.1) is 0 Å². The highest BCUT2D eigenvalue weighted by molar-refractivity contribution is 7.59. The summed E-state index contributed by atoms with van der Waals surface area (Å²) in [7, 11) is -2.66. The van der Waals surface area contributed by atoms with Crippen LogP contribution in [0.2, 0.25) is 0 Å². The molecular weight excluding hydrogens is 147 g/mol. The van der Waals surface area contributed by atoms with Crippen molar-refractivity contribution in [3.63, 3.8) is 0 Å². The summed E-state index contributed by atoms with van der Waals surface area (Å²) in [6, 6.07) is 0. The van der Waals surface area contributed by atoms with Crippen molar-refractivity contribution in [1.29, 1.82) is 0 Å². The molecule has 0 aromatic rings. The summed E-state index contributed by atoms with van der Waals surface area (Å²) in [4.78, 5) is 9.53. The van der Waals surface area contributed by atoms with Crippen LogP contribution in [0.5, 0.6) is 0 Å². The van der Waals surface area contributed by atoms with E-state index in [4.69, 9.17) is 0 Å². The molecule has 0 aromatic carbocycles. The Labute approximate surface area is 61.1 Å². The second-order valence-electron chi connectivity index (χ2n) is 3.49. The van der Waals surface area contributed by atoms with E-state index in [1.54, 1.807) is 0 Å². The zero-order chi connectivity index (χ0) is 7.19. The molecule has 2 nitrogen and oxygen atoms in total. The summed E-state index contributed by atoms with van der Waals surface area (Å²) in [6.45, 7) is 0. The van der Waals surface area contributed by atoms with E-state index in [2.05, 4.69) is 0 Å². The third-order valence-electron chi connectivity index (χ3n) is 2.95. The molecule has 2 unspecified atom stereocenters. The second-order valence-corrected chi connectivity index (χ2v) is 6.29. The Morgan fingerprint density at radius 2 is 1.60 bits per heavy atom. The Morgan fingerprint density at radius 3 is 2.00 bits per heavy atom. The van der Waals surface area contributed by atoms with Crippen LogP contribution < -0.4 is 0 Å². The summed E-state index contributed by atoms with van der Waals surface area (Å²) >= 11 is 0. The minimum absolute atomic E-state index is 0.186. The van der Waals surface area contributed by atoms with Gasteiger partial charge in [0, 0.05) is 11.3 Å². The molecule has 2 aliphatic rings. The molecule has 3 heteroatoms. The fourth-order valence-electron chi connectivity index (χ4n) is 2.30. The van der Waals surface area contributed by atoms with E-state index in [9.17, 15) is 9.46 Å². The summed E-state index contributed by atoms with van der Waals surface area (Å²) in [5.74, 6) is 0. The zero-order valence-electron chi connectivity index (χ0n) is 5.99. The zero-order valence-corrected chi connectivity index (χ0v) is 6.89. The van der Waals surface area contributed by atoms with Gasteiger partial charge in [-0.25, -0.2) is 0 Å². The molecule has 2 heterocycles. The molecule has 1 N–H and O–H groups in total. The number of hydrogen-bond acceptors (Lipinski definition) is 1. The van der Waals surface area contributed by atoms with E-state index < -0.39 is 7.37 Å². The van der Waals surface area contributed by atoms with Crippen molar-refractivity contribution in [1.82, 2.24) is 0 Å². The van der Waals surface area contributed by atoms with Gasteiger partial charge in [0.1, 0.15) is 0 Å². The lowest BCUT2D eigenvalue weighted by molar-refractivity contribution is 0.438. The smallest absolute Gasteiger partial charge is 0.206 e. The Hall–Kier alpha value is 0.190. The molecule has 0 radical (unpaired) electrons. The number of fused-ring (bicyclic) bond motifs is 2. The van der Waals surface area contributed by atoms with Crippen LogP contribution >= 0.6 is 7.37 Å². The van der Waals surface area contributed by atoms with Crippen LogP contribution in [0.25, 0.3) is 0 Å². The molecule has 2 atom stereocenters. The van der Waals surface area contributed by atoms with Gasteiger partial charge in [-0.05, 0) is 25.7 Å². The van der Waals surface area contributed by atoms with Gasteiger partial charge in [-0.1, -0.05) is 6.42 Å². The first kappa shape index (κ1) is 6.87. The van der Waals surface area contributed by atoms with Gasteiger partial charge >= 0.3 is 0 Å². The van der Waals surface area contributed by atoms with Gasteiger partial charge in [0.05, 0.1) is 0 Å². The third-order valence-corrected chi connectivity index (χ3v) is 6.08. The molecule has 2 aliphatic heterocycles. The standard InChI is InChI=1S/C7H13O2P/c8-10(9)6-2-1-3-7(10)5-4-6/h6-7H,1-5H2,(H,8,9). The van der Waals surface area contributed by atoms with Gasteiger partial charge in [-0.3, -0.25) is 4.57 Å². The number of rotatable bonds is 0. The van der Waals surface area contributed by atoms with E-state index in [0.29, 0.717) is 0 Å². The molecule has 0 spiro atoms. The molecule has 2 rings (SSSR count). The lowest BCUT2D eigenvalue weighted by Crippen LogP contribution is -2.13. The molecule has 0 saturated carbocycles. The van der Waals surface area contributed by atoms with Gasteiger partial charge in [0.15, 0.2) is 0 Å². The van der Waals surface area contributed by atoms with Crippen LogP contribution in [0.15, 0.2) is 0 Å². The summed E-state index contributed by atoms with van der Waals surface area (Å²) < 4.78 is 11.5. The SMILES string of the molecule is O=P1(O)C2CCCC1CC2. The quantitative estimate of drug-likeness (QED) is 0.550. The molecular formula is C7H13O2P. The first-order chi connectivity index (χ1) is 4.71. The van der Waals surface area contributed by atoms with Crippen molar-refractivity contribution < 1.29 is 9.46 Å². The molecule has 58 valence electrons. The van der Waals surface area contributed by atoms with Crippen molar-refractivity contribution in [2.75, 3.05) is 0 Å².